The van der Waals surface area contributed by atoms with Gasteiger partial charge in [-0.05, 0) is 13.3 Å². The highest BCUT2D eigenvalue weighted by Crippen LogP contribution is 2.16. The van der Waals surface area contributed by atoms with Crippen molar-refractivity contribution in [1.82, 2.24) is 15.5 Å². The number of carbonyl (C=O) groups excluding carboxylic acids is 1. The number of nitrogens with one attached hydrogen (secondary N) is 2. The minimum absolute atomic E-state index is 0.0132. The van der Waals surface area contributed by atoms with Crippen molar-refractivity contribution in [2.24, 2.45) is 0 Å². The van der Waals surface area contributed by atoms with Gasteiger partial charge in [0.2, 0.25) is 0 Å². The molecule has 1 atom stereocenters. The van der Waals surface area contributed by atoms with Gasteiger partial charge in [0.1, 0.15) is 18.5 Å². The van der Waals surface area contributed by atoms with Gasteiger partial charge in [0.05, 0.1) is 11.4 Å². The average Bonchev–Trinajstić information content (AvgIpc) is 2.67. The molecular weight excluding hydrogens is 265 g/mol. The Morgan fingerprint density at radius 2 is 2.21 bits per heavy atom. The summed E-state index contributed by atoms with van der Waals surface area (Å²) in [6.07, 6.45) is -5.00. The number of aromatic nitrogens is 2. The number of aryl methyl sites for hydroxylation is 1. The number of rotatable bonds is 5. The topological polar surface area (TPSA) is 93.0 Å². The highest BCUT2D eigenvalue weighted by molar-refractivity contribution is 5.97. The van der Waals surface area contributed by atoms with Crippen LogP contribution in [0.25, 0.3) is 0 Å². The lowest BCUT2D eigenvalue weighted by Gasteiger charge is -2.15. The van der Waals surface area contributed by atoms with E-state index in [2.05, 4.69) is 20.3 Å². The number of amides is 1. The van der Waals surface area contributed by atoms with Crippen LogP contribution in [-0.2, 0) is 11.2 Å². The van der Waals surface area contributed by atoms with E-state index in [0.717, 1.165) is 0 Å². The molecule has 1 unspecified atom stereocenters. The maximum atomic E-state index is 11.9. The molecule has 0 radical (unpaired) electrons. The minimum atomic E-state index is -4.44. The van der Waals surface area contributed by atoms with E-state index in [0.29, 0.717) is 12.1 Å². The Hall–Kier alpha value is -1.77. The van der Waals surface area contributed by atoms with Gasteiger partial charge in [-0.3, -0.25) is 9.89 Å². The zero-order chi connectivity index (χ0) is 14.6. The second-order valence-electron chi connectivity index (χ2n) is 3.85. The van der Waals surface area contributed by atoms with Crippen LogP contribution in [0.3, 0.4) is 0 Å². The second kappa shape index (κ2) is 5.91. The number of carbonyl (C=O) groups is 1. The fourth-order valence-corrected chi connectivity index (χ4v) is 1.35. The molecule has 0 bridgehead atoms. The molecule has 0 spiro atoms. The van der Waals surface area contributed by atoms with E-state index in [1.165, 1.54) is 6.92 Å². The van der Waals surface area contributed by atoms with Gasteiger partial charge in [0.15, 0.2) is 0 Å². The van der Waals surface area contributed by atoms with Crippen LogP contribution in [0.5, 0.6) is 0 Å². The number of anilines is 1. The maximum absolute atomic E-state index is 11.9. The van der Waals surface area contributed by atoms with Crippen LogP contribution in [0, 0.1) is 0 Å². The Morgan fingerprint density at radius 1 is 1.58 bits per heavy atom. The van der Waals surface area contributed by atoms with E-state index >= 15 is 0 Å². The van der Waals surface area contributed by atoms with Gasteiger partial charge in [-0.15, -0.1) is 0 Å². The molecule has 6 nitrogen and oxygen atoms in total. The van der Waals surface area contributed by atoms with Crippen LogP contribution in [0.2, 0.25) is 0 Å². The Kier molecular flexibility index (Phi) is 4.76. The third-order valence-corrected chi connectivity index (χ3v) is 2.28. The first-order chi connectivity index (χ1) is 8.74. The number of aromatic amines is 1. The van der Waals surface area contributed by atoms with Crippen LogP contribution in [0.1, 0.15) is 30.0 Å². The molecule has 1 aromatic rings. The molecule has 0 saturated carbocycles. The Bertz CT molecular complexity index is 444. The largest absolute Gasteiger partial charge is 0.411 e. The number of ether oxygens (including phenoxy) is 1. The maximum Gasteiger partial charge on any atom is 0.411 e. The number of hydrogen-bond acceptors (Lipinski definition) is 4. The van der Waals surface area contributed by atoms with E-state index in [9.17, 15) is 18.0 Å². The lowest BCUT2D eigenvalue weighted by molar-refractivity contribution is -0.185. The summed E-state index contributed by atoms with van der Waals surface area (Å²) in [5, 5.41) is 8.49. The van der Waals surface area contributed by atoms with Crippen LogP contribution in [0.4, 0.5) is 18.9 Å². The van der Waals surface area contributed by atoms with Crippen LogP contribution < -0.4 is 11.1 Å². The standard InChI is InChI=1S/C10H15F3N4O2/c1-3-6-7(14)8(17-16-6)9(18)15-5(2)19-4-10(11,12)13/h5H,3-4,14H2,1-2H3,(H,15,18)(H,16,17). The van der Waals surface area contributed by atoms with Crippen molar-refractivity contribution in [3.8, 4) is 0 Å². The van der Waals surface area contributed by atoms with Crippen molar-refractivity contribution in [1.29, 1.82) is 0 Å². The SMILES string of the molecule is CCc1n[nH]c(C(=O)NC(C)OCC(F)(F)F)c1N. The molecule has 4 N–H and O–H groups in total. The number of halogens is 3. The number of nitrogen functional groups attached to an aromatic ring is 1. The first-order valence-electron chi connectivity index (χ1n) is 5.56. The summed E-state index contributed by atoms with van der Waals surface area (Å²) < 4.78 is 40.2. The molecule has 0 aliphatic carbocycles. The molecule has 0 aromatic carbocycles. The fraction of sp³-hybridized carbons (Fsp3) is 0.600. The van der Waals surface area contributed by atoms with Crippen molar-refractivity contribution in [2.75, 3.05) is 12.3 Å². The normalized spacial score (nSPS) is 13.3. The first kappa shape index (κ1) is 15.3. The number of nitrogens with two attached hydrogens (primary N) is 1. The third kappa shape index (κ3) is 4.43. The van der Waals surface area contributed by atoms with E-state index in [1.807, 2.05) is 6.92 Å². The van der Waals surface area contributed by atoms with Crippen molar-refractivity contribution < 1.29 is 22.7 Å². The Labute approximate surface area is 107 Å². The van der Waals surface area contributed by atoms with Gasteiger partial charge < -0.3 is 15.8 Å². The lowest BCUT2D eigenvalue weighted by atomic mass is 10.2. The van der Waals surface area contributed by atoms with E-state index in [4.69, 9.17) is 5.73 Å². The van der Waals surface area contributed by atoms with Crippen molar-refractivity contribution >= 4 is 11.6 Å². The van der Waals surface area contributed by atoms with Gasteiger partial charge in [-0.1, -0.05) is 6.92 Å². The number of H-pyrrole nitrogens is 1. The van der Waals surface area contributed by atoms with Gasteiger partial charge >= 0.3 is 6.18 Å². The monoisotopic (exact) mass is 280 g/mol. The molecule has 0 aliphatic rings. The van der Waals surface area contributed by atoms with Crippen LogP contribution in [-0.4, -0.2) is 35.1 Å². The molecule has 108 valence electrons. The third-order valence-electron chi connectivity index (χ3n) is 2.28. The predicted molar refractivity (Wildman–Crippen MR) is 61.3 cm³/mol. The van der Waals surface area contributed by atoms with Crippen molar-refractivity contribution in [3.63, 3.8) is 0 Å². The molecule has 19 heavy (non-hydrogen) atoms. The van der Waals surface area contributed by atoms with Gasteiger partial charge in [0, 0.05) is 0 Å². The zero-order valence-corrected chi connectivity index (χ0v) is 10.5. The average molecular weight is 280 g/mol. The molecule has 0 fully saturated rings. The summed E-state index contributed by atoms with van der Waals surface area (Å²) >= 11 is 0. The lowest BCUT2D eigenvalue weighted by Crippen LogP contribution is -2.37. The van der Waals surface area contributed by atoms with E-state index < -0.39 is 24.9 Å². The molecule has 9 heteroatoms. The second-order valence-corrected chi connectivity index (χ2v) is 3.85. The predicted octanol–water partition coefficient (Wildman–Crippen LogP) is 1.21. The first-order valence-corrected chi connectivity index (χ1v) is 5.56. The molecule has 0 saturated heterocycles. The number of alkyl halides is 3. The summed E-state index contributed by atoms with van der Waals surface area (Å²) in [6.45, 7) is 1.66. The highest BCUT2D eigenvalue weighted by Gasteiger charge is 2.29. The Morgan fingerprint density at radius 3 is 2.68 bits per heavy atom. The van der Waals surface area contributed by atoms with Gasteiger partial charge in [-0.25, -0.2) is 0 Å². The van der Waals surface area contributed by atoms with Crippen LogP contribution in [0.15, 0.2) is 0 Å². The molecule has 1 aromatic heterocycles. The van der Waals surface area contributed by atoms with Gasteiger partial charge in [0.25, 0.3) is 5.91 Å². The molecular formula is C10H15F3N4O2. The minimum Gasteiger partial charge on any atom is -0.395 e. The molecule has 1 rings (SSSR count). The summed E-state index contributed by atoms with van der Waals surface area (Å²) in [6, 6.07) is 0. The molecule has 1 heterocycles. The van der Waals surface area contributed by atoms with Crippen LogP contribution >= 0.6 is 0 Å². The summed E-state index contributed by atoms with van der Waals surface area (Å²) in [4.78, 5) is 11.7. The zero-order valence-electron chi connectivity index (χ0n) is 10.5. The molecule has 0 aliphatic heterocycles. The molecule has 1 amide bonds. The van der Waals surface area contributed by atoms with E-state index in [1.54, 1.807) is 0 Å². The Balaban J connectivity index is 2.57. The highest BCUT2D eigenvalue weighted by atomic mass is 19.4. The summed E-state index contributed by atoms with van der Waals surface area (Å²) in [5.41, 5.74) is 6.38. The van der Waals surface area contributed by atoms with Crippen molar-refractivity contribution in [3.05, 3.63) is 11.4 Å². The quantitative estimate of drug-likeness (QED) is 0.707. The summed E-state index contributed by atoms with van der Waals surface area (Å²) in [7, 11) is 0. The smallest absolute Gasteiger partial charge is 0.395 e. The van der Waals surface area contributed by atoms with E-state index in [-0.39, 0.29) is 11.4 Å². The number of hydrogen-bond donors (Lipinski definition) is 3. The van der Waals surface area contributed by atoms with Crippen molar-refractivity contribution in [2.45, 2.75) is 32.7 Å². The van der Waals surface area contributed by atoms with Gasteiger partial charge in [-0.2, -0.15) is 18.3 Å². The summed E-state index contributed by atoms with van der Waals surface area (Å²) in [5.74, 6) is -0.667. The fourth-order valence-electron chi connectivity index (χ4n) is 1.35. The number of nitrogens with zero attached hydrogens (tertiary/aromatic N) is 1.